The minimum absolute atomic E-state index is 0.104. The molecule has 0 amide bonds. The van der Waals surface area contributed by atoms with Crippen LogP contribution in [0.15, 0.2) is 83.6 Å². The van der Waals surface area contributed by atoms with Gasteiger partial charge in [-0.15, -0.1) is 0 Å². The Kier molecular flexibility index (Phi) is 5.16. The van der Waals surface area contributed by atoms with Crippen LogP contribution in [0.5, 0.6) is 5.75 Å². The minimum Gasteiger partial charge on any atom is -0.497 e. The summed E-state index contributed by atoms with van der Waals surface area (Å²) >= 11 is 1.37. The molecule has 1 nitrogen and oxygen atoms in total. The Morgan fingerprint density at radius 2 is 1.48 bits per heavy atom. The molecule has 4 aromatic rings. The summed E-state index contributed by atoms with van der Waals surface area (Å²) in [4.78, 5) is 0. The lowest BCUT2D eigenvalue weighted by molar-refractivity contribution is -0.0685. The van der Waals surface area contributed by atoms with Crippen molar-refractivity contribution in [1.82, 2.24) is 0 Å². The number of halogens is 3. The fraction of sp³-hybridized carbons (Fsp3) is 0.0833. The quantitative estimate of drug-likeness (QED) is 0.318. The lowest BCUT2D eigenvalue weighted by Gasteiger charge is -2.19. The number of hydrogen-bond donors (Lipinski definition) is 0. The summed E-state index contributed by atoms with van der Waals surface area (Å²) in [6, 6.07) is 20.8. The molecule has 0 aliphatic carbocycles. The van der Waals surface area contributed by atoms with Crippen LogP contribution in [0.1, 0.15) is 16.7 Å². The Morgan fingerprint density at radius 1 is 0.793 bits per heavy atom. The second-order valence-corrected chi connectivity index (χ2v) is 7.33. The Bertz CT molecular complexity index is 1160. The summed E-state index contributed by atoms with van der Waals surface area (Å²) in [7, 11) is 1.49. The number of rotatable bonds is 4. The van der Waals surface area contributed by atoms with Crippen molar-refractivity contribution in [3.05, 3.63) is 100 Å². The van der Waals surface area contributed by atoms with Gasteiger partial charge in [-0.2, -0.15) is 24.5 Å². The maximum absolute atomic E-state index is 14.3. The molecule has 0 saturated heterocycles. The summed E-state index contributed by atoms with van der Waals surface area (Å²) in [6.07, 6.45) is -4.53. The van der Waals surface area contributed by atoms with Gasteiger partial charge in [-0.1, -0.05) is 48.5 Å². The van der Waals surface area contributed by atoms with E-state index in [4.69, 9.17) is 4.74 Å². The van der Waals surface area contributed by atoms with Crippen LogP contribution in [-0.4, -0.2) is 13.3 Å². The van der Waals surface area contributed by atoms with Gasteiger partial charge in [0.25, 0.3) is 0 Å². The van der Waals surface area contributed by atoms with Gasteiger partial charge in [0.15, 0.2) is 0 Å². The van der Waals surface area contributed by atoms with Gasteiger partial charge in [-0.25, -0.2) is 0 Å². The fourth-order valence-electron chi connectivity index (χ4n) is 3.41. The van der Waals surface area contributed by atoms with E-state index in [0.717, 1.165) is 10.8 Å². The molecule has 0 fully saturated rings. The Hall–Kier alpha value is -3.05. The van der Waals surface area contributed by atoms with Crippen molar-refractivity contribution in [2.24, 2.45) is 0 Å². The van der Waals surface area contributed by atoms with E-state index in [2.05, 4.69) is 0 Å². The molecule has 0 N–H and O–H groups in total. The van der Waals surface area contributed by atoms with Crippen LogP contribution < -0.4 is 4.74 Å². The van der Waals surface area contributed by atoms with E-state index in [1.54, 1.807) is 35.0 Å². The van der Waals surface area contributed by atoms with E-state index in [-0.39, 0.29) is 11.1 Å². The molecule has 3 aromatic carbocycles. The van der Waals surface area contributed by atoms with Crippen LogP contribution in [0, 0.1) is 0 Å². The predicted molar refractivity (Wildman–Crippen MR) is 113 cm³/mol. The first-order valence-corrected chi connectivity index (χ1v) is 9.89. The number of methoxy groups -OCH3 is 1. The standard InChI is InChI=1S/C24H17F3OS/c1-28-21-10-8-17(9-11-21)23(24(25,26)27)22(20-12-13-29-15-20)19-7-6-16-4-2-3-5-18(16)14-19/h2-15H,1H3/b23-22-. The number of allylic oxidation sites excluding steroid dienone is 1. The molecule has 5 heteroatoms. The molecule has 0 aliphatic heterocycles. The molecule has 0 radical (unpaired) electrons. The average molecular weight is 410 g/mol. The molecule has 4 rings (SSSR count). The first-order valence-electron chi connectivity index (χ1n) is 8.95. The summed E-state index contributed by atoms with van der Waals surface area (Å²) in [5.74, 6) is 0.512. The summed E-state index contributed by atoms with van der Waals surface area (Å²) in [6.45, 7) is 0. The van der Waals surface area contributed by atoms with E-state index in [0.29, 0.717) is 16.9 Å². The van der Waals surface area contributed by atoms with E-state index in [9.17, 15) is 13.2 Å². The third kappa shape index (κ3) is 3.91. The van der Waals surface area contributed by atoms with Crippen molar-refractivity contribution in [2.45, 2.75) is 6.18 Å². The van der Waals surface area contributed by atoms with Crippen LogP contribution in [0.4, 0.5) is 13.2 Å². The third-order valence-electron chi connectivity index (χ3n) is 4.76. The molecule has 0 unspecified atom stereocenters. The second kappa shape index (κ2) is 7.76. The average Bonchev–Trinajstić information content (AvgIpc) is 3.25. The van der Waals surface area contributed by atoms with Crippen LogP contribution >= 0.6 is 11.3 Å². The Labute approximate surface area is 170 Å². The molecule has 29 heavy (non-hydrogen) atoms. The maximum atomic E-state index is 14.3. The lowest BCUT2D eigenvalue weighted by atomic mass is 9.89. The van der Waals surface area contributed by atoms with Gasteiger partial charge in [0.1, 0.15) is 5.75 Å². The first kappa shape index (κ1) is 19.3. The van der Waals surface area contributed by atoms with Crippen molar-refractivity contribution >= 4 is 33.3 Å². The van der Waals surface area contributed by atoms with Gasteiger partial charge in [0, 0.05) is 5.57 Å². The highest BCUT2D eigenvalue weighted by Gasteiger charge is 2.38. The minimum atomic E-state index is -4.53. The highest BCUT2D eigenvalue weighted by molar-refractivity contribution is 7.08. The van der Waals surface area contributed by atoms with Crippen molar-refractivity contribution in [1.29, 1.82) is 0 Å². The second-order valence-electron chi connectivity index (χ2n) is 6.55. The molecule has 1 aromatic heterocycles. The maximum Gasteiger partial charge on any atom is 0.417 e. The lowest BCUT2D eigenvalue weighted by Crippen LogP contribution is -2.13. The van der Waals surface area contributed by atoms with E-state index >= 15 is 0 Å². The Morgan fingerprint density at radius 3 is 2.10 bits per heavy atom. The number of fused-ring (bicyclic) bond motifs is 1. The molecule has 1 heterocycles. The smallest absolute Gasteiger partial charge is 0.417 e. The topological polar surface area (TPSA) is 9.23 Å². The van der Waals surface area contributed by atoms with Gasteiger partial charge in [0.05, 0.1) is 12.7 Å². The molecule has 0 aliphatic rings. The number of hydrogen-bond acceptors (Lipinski definition) is 2. The number of ether oxygens (including phenoxy) is 1. The highest BCUT2D eigenvalue weighted by Crippen LogP contribution is 2.43. The van der Waals surface area contributed by atoms with Gasteiger partial charge in [-0.05, 0) is 62.5 Å². The Balaban J connectivity index is 2.03. The SMILES string of the molecule is COc1ccc(/C(=C(/c2ccsc2)c2ccc3ccccc3c2)C(F)(F)F)cc1. The van der Waals surface area contributed by atoms with Gasteiger partial charge < -0.3 is 4.74 Å². The largest absolute Gasteiger partial charge is 0.497 e. The third-order valence-corrected chi connectivity index (χ3v) is 5.44. The molecule has 0 saturated carbocycles. The van der Waals surface area contributed by atoms with Crippen LogP contribution in [0.2, 0.25) is 0 Å². The molecule has 0 atom stereocenters. The van der Waals surface area contributed by atoms with Gasteiger partial charge in [-0.3, -0.25) is 0 Å². The summed E-state index contributed by atoms with van der Waals surface area (Å²) in [5, 5.41) is 5.42. The van der Waals surface area contributed by atoms with Crippen LogP contribution in [-0.2, 0) is 0 Å². The molecular weight excluding hydrogens is 393 g/mol. The van der Waals surface area contributed by atoms with Gasteiger partial charge in [0.2, 0.25) is 0 Å². The zero-order valence-corrected chi connectivity index (χ0v) is 16.3. The van der Waals surface area contributed by atoms with E-state index in [1.807, 2.05) is 36.4 Å². The van der Waals surface area contributed by atoms with Crippen molar-refractivity contribution in [3.63, 3.8) is 0 Å². The fourth-order valence-corrected chi connectivity index (χ4v) is 4.06. The highest BCUT2D eigenvalue weighted by atomic mass is 32.1. The number of alkyl halides is 3. The monoisotopic (exact) mass is 410 g/mol. The van der Waals surface area contributed by atoms with Gasteiger partial charge >= 0.3 is 6.18 Å². The number of thiophene rings is 1. The zero-order chi connectivity index (χ0) is 20.4. The molecule has 0 bridgehead atoms. The predicted octanol–water partition coefficient (Wildman–Crippen LogP) is 7.43. The van der Waals surface area contributed by atoms with Crippen LogP contribution in [0.3, 0.4) is 0 Å². The first-order chi connectivity index (χ1) is 14.0. The summed E-state index contributed by atoms with van der Waals surface area (Å²) < 4.78 is 48.1. The van der Waals surface area contributed by atoms with E-state index in [1.165, 1.54) is 30.6 Å². The van der Waals surface area contributed by atoms with Crippen molar-refractivity contribution in [2.75, 3.05) is 7.11 Å². The van der Waals surface area contributed by atoms with Crippen molar-refractivity contribution < 1.29 is 17.9 Å². The molecule has 146 valence electrons. The number of benzene rings is 3. The van der Waals surface area contributed by atoms with Crippen LogP contribution in [0.25, 0.3) is 21.9 Å². The normalized spacial score (nSPS) is 12.7. The summed E-state index contributed by atoms with van der Waals surface area (Å²) in [5.41, 5.74) is 0.704. The molecular formula is C24H17F3OS. The molecule has 0 spiro atoms. The van der Waals surface area contributed by atoms with E-state index < -0.39 is 11.7 Å². The zero-order valence-electron chi connectivity index (χ0n) is 15.5. The van der Waals surface area contributed by atoms with Crippen molar-refractivity contribution in [3.8, 4) is 5.75 Å².